The minimum absolute atomic E-state index is 0.135. The van der Waals surface area contributed by atoms with E-state index in [0.717, 1.165) is 25.2 Å². The number of hydrogen-bond donors (Lipinski definition) is 1. The highest BCUT2D eigenvalue weighted by Gasteiger charge is 2.31. The molecule has 2 rings (SSSR count). The van der Waals surface area contributed by atoms with Gasteiger partial charge in [-0.2, -0.15) is 13.2 Å². The largest absolute Gasteiger partial charge is 0.417 e. The lowest BCUT2D eigenvalue weighted by molar-refractivity contribution is -0.137. The second-order valence-corrected chi connectivity index (χ2v) is 5.60. The van der Waals surface area contributed by atoms with Gasteiger partial charge in [0.2, 0.25) is 0 Å². The van der Waals surface area contributed by atoms with Gasteiger partial charge in [0.05, 0.1) is 11.3 Å². The number of nitrogens with zero attached hydrogens (tertiary/aromatic N) is 3. The highest BCUT2D eigenvalue weighted by Crippen LogP contribution is 2.29. The van der Waals surface area contributed by atoms with Crippen LogP contribution in [0, 0.1) is 6.92 Å². The summed E-state index contributed by atoms with van der Waals surface area (Å²) in [7, 11) is 3.85. The smallest absolute Gasteiger partial charge is 0.351 e. The summed E-state index contributed by atoms with van der Waals surface area (Å²) in [5.41, 5.74) is 0.0309. The molecule has 0 spiro atoms. The van der Waals surface area contributed by atoms with E-state index in [1.807, 2.05) is 19.0 Å². The van der Waals surface area contributed by atoms with Gasteiger partial charge in [0.25, 0.3) is 5.91 Å². The van der Waals surface area contributed by atoms with Crippen LogP contribution in [0.1, 0.15) is 28.2 Å². The highest BCUT2D eigenvalue weighted by molar-refractivity contribution is 5.94. The van der Waals surface area contributed by atoms with Crippen molar-refractivity contribution in [2.24, 2.45) is 0 Å². The molecule has 2 aromatic rings. The molecule has 0 fully saturated rings. The summed E-state index contributed by atoms with van der Waals surface area (Å²) < 4.78 is 39.7. The number of fused-ring (bicyclic) bond motifs is 1. The topological polar surface area (TPSA) is 49.6 Å². The Morgan fingerprint density at radius 2 is 2.04 bits per heavy atom. The first-order valence-corrected chi connectivity index (χ1v) is 7.19. The lowest BCUT2D eigenvalue weighted by Crippen LogP contribution is -2.28. The number of imidazole rings is 1. The number of rotatable bonds is 5. The van der Waals surface area contributed by atoms with E-state index in [1.54, 1.807) is 6.92 Å². The molecule has 0 bridgehead atoms. The molecule has 0 aliphatic carbocycles. The van der Waals surface area contributed by atoms with E-state index in [2.05, 4.69) is 10.3 Å². The second kappa shape index (κ2) is 6.57. The van der Waals surface area contributed by atoms with E-state index in [4.69, 9.17) is 0 Å². The molecule has 0 saturated heterocycles. The van der Waals surface area contributed by atoms with Gasteiger partial charge in [-0.1, -0.05) is 0 Å². The molecule has 2 aromatic heterocycles. The zero-order chi connectivity index (χ0) is 17.2. The molecule has 1 N–H and O–H groups in total. The first-order chi connectivity index (χ1) is 10.7. The molecule has 0 aliphatic heterocycles. The monoisotopic (exact) mass is 328 g/mol. The van der Waals surface area contributed by atoms with Gasteiger partial charge in [-0.05, 0) is 46.1 Å². The Morgan fingerprint density at radius 1 is 1.35 bits per heavy atom. The van der Waals surface area contributed by atoms with E-state index >= 15 is 0 Å². The third kappa shape index (κ3) is 4.01. The van der Waals surface area contributed by atoms with Crippen molar-refractivity contribution < 1.29 is 18.0 Å². The van der Waals surface area contributed by atoms with Gasteiger partial charge in [-0.25, -0.2) is 4.98 Å². The highest BCUT2D eigenvalue weighted by atomic mass is 19.4. The predicted molar refractivity (Wildman–Crippen MR) is 80.4 cm³/mol. The van der Waals surface area contributed by atoms with Crippen molar-refractivity contribution in [2.75, 3.05) is 27.2 Å². The molecule has 5 nitrogen and oxygen atoms in total. The number of aryl methyl sites for hydroxylation is 1. The van der Waals surface area contributed by atoms with Gasteiger partial charge >= 0.3 is 6.18 Å². The molecule has 0 saturated carbocycles. The van der Waals surface area contributed by atoms with Crippen molar-refractivity contribution in [3.63, 3.8) is 0 Å². The maximum atomic E-state index is 12.8. The van der Waals surface area contributed by atoms with Crippen LogP contribution in [0.5, 0.6) is 0 Å². The van der Waals surface area contributed by atoms with Crippen LogP contribution in [0.25, 0.3) is 5.65 Å². The molecule has 8 heteroatoms. The Hall–Kier alpha value is -2.09. The minimum Gasteiger partial charge on any atom is -0.351 e. The van der Waals surface area contributed by atoms with Crippen molar-refractivity contribution in [1.82, 2.24) is 19.6 Å². The Labute approximate surface area is 132 Å². The van der Waals surface area contributed by atoms with Gasteiger partial charge < -0.3 is 10.2 Å². The fourth-order valence-electron chi connectivity index (χ4n) is 2.28. The Balaban J connectivity index is 2.25. The van der Waals surface area contributed by atoms with E-state index in [0.29, 0.717) is 17.9 Å². The van der Waals surface area contributed by atoms with Gasteiger partial charge in [-0.15, -0.1) is 0 Å². The van der Waals surface area contributed by atoms with Crippen LogP contribution in [0.15, 0.2) is 18.3 Å². The molecule has 126 valence electrons. The number of alkyl halides is 3. The van der Waals surface area contributed by atoms with Crippen LogP contribution < -0.4 is 5.32 Å². The fraction of sp³-hybridized carbons (Fsp3) is 0.467. The van der Waals surface area contributed by atoms with Crippen LogP contribution in [0.2, 0.25) is 0 Å². The molecule has 23 heavy (non-hydrogen) atoms. The number of amides is 1. The number of nitrogens with one attached hydrogen (secondary N) is 1. The number of hydrogen-bond acceptors (Lipinski definition) is 3. The van der Waals surface area contributed by atoms with Crippen molar-refractivity contribution in [3.8, 4) is 0 Å². The molecule has 2 heterocycles. The van der Waals surface area contributed by atoms with Gasteiger partial charge in [0, 0.05) is 12.7 Å². The second-order valence-electron chi connectivity index (χ2n) is 5.60. The van der Waals surface area contributed by atoms with Gasteiger partial charge in [0.1, 0.15) is 11.3 Å². The molecule has 0 aromatic carbocycles. The number of halogens is 3. The van der Waals surface area contributed by atoms with Crippen molar-refractivity contribution in [2.45, 2.75) is 19.5 Å². The summed E-state index contributed by atoms with van der Waals surface area (Å²) >= 11 is 0. The SMILES string of the molecule is Cc1nc2ccc(C(F)(F)F)cn2c1C(=O)NCCCN(C)C. The summed E-state index contributed by atoms with van der Waals surface area (Å²) in [5.74, 6) is -0.423. The van der Waals surface area contributed by atoms with Crippen LogP contribution in [-0.2, 0) is 6.18 Å². The quantitative estimate of drug-likeness (QED) is 0.857. The van der Waals surface area contributed by atoms with Gasteiger partial charge in [-0.3, -0.25) is 9.20 Å². The number of carbonyl (C=O) groups excluding carboxylic acids is 1. The third-order valence-electron chi connectivity index (χ3n) is 3.40. The number of aromatic nitrogens is 2. The van der Waals surface area contributed by atoms with Crippen molar-refractivity contribution in [3.05, 3.63) is 35.3 Å². The average Bonchev–Trinajstić information content (AvgIpc) is 2.77. The molecule has 0 unspecified atom stereocenters. The average molecular weight is 328 g/mol. The molecule has 1 amide bonds. The predicted octanol–water partition coefficient (Wildman–Crippen LogP) is 2.34. The molecule has 0 atom stereocenters. The molecular weight excluding hydrogens is 309 g/mol. The van der Waals surface area contributed by atoms with Crippen LogP contribution >= 0.6 is 0 Å². The summed E-state index contributed by atoms with van der Waals surface area (Å²) in [6, 6.07) is 2.22. The zero-order valence-electron chi connectivity index (χ0n) is 13.2. The summed E-state index contributed by atoms with van der Waals surface area (Å²) in [6.07, 6.45) is -2.81. The van der Waals surface area contributed by atoms with Crippen LogP contribution in [-0.4, -0.2) is 47.4 Å². The zero-order valence-corrected chi connectivity index (χ0v) is 13.2. The Morgan fingerprint density at radius 3 is 2.65 bits per heavy atom. The van der Waals surface area contributed by atoms with Crippen molar-refractivity contribution in [1.29, 1.82) is 0 Å². The summed E-state index contributed by atoms with van der Waals surface area (Å²) in [5, 5.41) is 2.72. The first-order valence-electron chi connectivity index (χ1n) is 7.19. The van der Waals surface area contributed by atoms with Gasteiger partial charge in [0.15, 0.2) is 0 Å². The summed E-state index contributed by atoms with van der Waals surface area (Å²) in [4.78, 5) is 18.4. The van der Waals surface area contributed by atoms with Crippen molar-refractivity contribution >= 4 is 11.6 Å². The normalized spacial score (nSPS) is 12.1. The minimum atomic E-state index is -4.47. The van der Waals surface area contributed by atoms with E-state index in [-0.39, 0.29) is 5.69 Å². The molecule has 0 radical (unpaired) electrons. The lowest BCUT2D eigenvalue weighted by Gasteiger charge is -2.11. The van der Waals surface area contributed by atoms with Crippen LogP contribution in [0.3, 0.4) is 0 Å². The van der Waals surface area contributed by atoms with E-state index in [1.165, 1.54) is 10.5 Å². The maximum absolute atomic E-state index is 12.8. The molecule has 0 aliphatic rings. The van der Waals surface area contributed by atoms with E-state index in [9.17, 15) is 18.0 Å². The first kappa shape index (κ1) is 17.3. The standard InChI is InChI=1S/C15H19F3N4O/c1-10-13(14(23)19-7-4-8-21(2)3)22-9-11(15(16,17)18)5-6-12(22)20-10/h5-6,9H,4,7-8H2,1-3H3,(H,19,23). The summed E-state index contributed by atoms with van der Waals surface area (Å²) in [6.45, 7) is 2.86. The third-order valence-corrected chi connectivity index (χ3v) is 3.40. The number of pyridine rings is 1. The number of carbonyl (C=O) groups is 1. The lowest BCUT2D eigenvalue weighted by atomic mass is 10.2. The Kier molecular flexibility index (Phi) is 4.93. The maximum Gasteiger partial charge on any atom is 0.417 e. The fourth-order valence-corrected chi connectivity index (χ4v) is 2.28. The molecular formula is C15H19F3N4O. The Bertz CT molecular complexity index is 707. The van der Waals surface area contributed by atoms with Crippen LogP contribution in [0.4, 0.5) is 13.2 Å². The van der Waals surface area contributed by atoms with E-state index < -0.39 is 17.6 Å².